The lowest BCUT2D eigenvalue weighted by molar-refractivity contribution is 0.402. The van der Waals surface area contributed by atoms with Gasteiger partial charge in [0.25, 0.3) is 0 Å². The van der Waals surface area contributed by atoms with Gasteiger partial charge in [-0.25, -0.2) is 13.1 Å². The molecule has 1 aromatic carbocycles. The van der Waals surface area contributed by atoms with Crippen LogP contribution >= 0.6 is 0 Å². The summed E-state index contributed by atoms with van der Waals surface area (Å²) in [6.07, 6.45) is 5.13. The van der Waals surface area contributed by atoms with Crippen molar-refractivity contribution in [3.8, 4) is 11.9 Å². The number of benzene rings is 1. The van der Waals surface area contributed by atoms with Gasteiger partial charge in [0.1, 0.15) is 10.6 Å². The fraction of sp³-hybridized carbons (Fsp3) is 0.562. The maximum atomic E-state index is 12.7. The van der Waals surface area contributed by atoms with Crippen molar-refractivity contribution >= 4 is 15.7 Å². The van der Waals surface area contributed by atoms with Crippen molar-refractivity contribution in [2.24, 2.45) is 5.92 Å². The van der Waals surface area contributed by atoms with Crippen LogP contribution in [0.5, 0.6) is 5.75 Å². The number of rotatable bonds is 7. The molecular formula is C16H22N4O3S. The normalized spacial score (nSPS) is 20.7. The Morgan fingerprint density at radius 3 is 2.79 bits per heavy atom. The van der Waals surface area contributed by atoms with Crippen LogP contribution in [0.3, 0.4) is 0 Å². The lowest BCUT2D eigenvalue weighted by Crippen LogP contribution is -2.36. The van der Waals surface area contributed by atoms with E-state index in [0.29, 0.717) is 31.2 Å². The van der Waals surface area contributed by atoms with Gasteiger partial charge in [-0.15, -0.1) is 0 Å². The molecule has 1 aliphatic carbocycles. The van der Waals surface area contributed by atoms with E-state index >= 15 is 0 Å². The molecule has 0 spiro atoms. The first-order valence-electron chi connectivity index (χ1n) is 8.11. The van der Waals surface area contributed by atoms with Crippen LogP contribution in [-0.2, 0) is 10.0 Å². The lowest BCUT2D eigenvalue weighted by atomic mass is 10.3. The summed E-state index contributed by atoms with van der Waals surface area (Å²) >= 11 is 0. The Kier molecular flexibility index (Phi) is 4.83. The van der Waals surface area contributed by atoms with E-state index in [-0.39, 0.29) is 10.9 Å². The zero-order valence-corrected chi connectivity index (χ0v) is 14.5. The molecule has 0 unspecified atom stereocenters. The van der Waals surface area contributed by atoms with Gasteiger partial charge >= 0.3 is 0 Å². The van der Waals surface area contributed by atoms with Crippen LogP contribution < -0.4 is 14.8 Å². The third kappa shape index (κ3) is 3.91. The highest BCUT2D eigenvalue weighted by Gasteiger charge is 2.29. The molecule has 0 radical (unpaired) electrons. The van der Waals surface area contributed by atoms with Gasteiger partial charge in [-0.05, 0) is 43.4 Å². The number of ether oxygens (including phenoxy) is 1. The van der Waals surface area contributed by atoms with Crippen LogP contribution in [0.25, 0.3) is 0 Å². The fourth-order valence-corrected chi connectivity index (χ4v) is 4.27. The van der Waals surface area contributed by atoms with E-state index in [1.165, 1.54) is 20.0 Å². The predicted molar refractivity (Wildman–Crippen MR) is 90.1 cm³/mol. The molecule has 1 aromatic rings. The van der Waals surface area contributed by atoms with Crippen molar-refractivity contribution in [2.75, 3.05) is 32.1 Å². The summed E-state index contributed by atoms with van der Waals surface area (Å²) in [5.41, 5.74) is 0.771. The summed E-state index contributed by atoms with van der Waals surface area (Å²) < 4.78 is 33.4. The Hall–Kier alpha value is -1.98. The number of hydrogen-bond donors (Lipinski definition) is 2. The molecule has 0 aromatic heterocycles. The lowest BCUT2D eigenvalue weighted by Gasteiger charge is -2.16. The first-order chi connectivity index (χ1) is 11.5. The molecule has 1 saturated heterocycles. The van der Waals surface area contributed by atoms with Crippen LogP contribution in [0.1, 0.15) is 19.3 Å². The Balaban J connectivity index is 1.76. The smallest absolute Gasteiger partial charge is 0.244 e. The zero-order chi connectivity index (χ0) is 17.2. The van der Waals surface area contributed by atoms with Gasteiger partial charge in [0.15, 0.2) is 6.19 Å². The summed E-state index contributed by atoms with van der Waals surface area (Å²) in [6, 6.07) is 4.84. The molecule has 1 heterocycles. The Bertz CT molecular complexity index is 740. The number of hydrogen-bond acceptors (Lipinski definition) is 6. The average Bonchev–Trinajstić information content (AvgIpc) is 3.30. The number of nitriles is 1. The van der Waals surface area contributed by atoms with E-state index in [2.05, 4.69) is 10.0 Å². The van der Waals surface area contributed by atoms with Crippen molar-refractivity contribution in [1.82, 2.24) is 9.62 Å². The van der Waals surface area contributed by atoms with Crippen molar-refractivity contribution < 1.29 is 13.2 Å². The molecule has 1 aliphatic heterocycles. The van der Waals surface area contributed by atoms with Crippen molar-refractivity contribution in [1.29, 1.82) is 5.26 Å². The Labute approximate surface area is 142 Å². The van der Waals surface area contributed by atoms with E-state index in [1.54, 1.807) is 17.0 Å². The predicted octanol–water partition coefficient (Wildman–Crippen LogP) is 1.35. The molecule has 1 saturated carbocycles. The molecule has 2 fully saturated rings. The highest BCUT2D eigenvalue weighted by Crippen LogP contribution is 2.31. The molecule has 24 heavy (non-hydrogen) atoms. The second-order valence-corrected chi connectivity index (χ2v) is 8.03. The van der Waals surface area contributed by atoms with E-state index in [1.807, 2.05) is 12.3 Å². The second kappa shape index (κ2) is 6.87. The first-order valence-corrected chi connectivity index (χ1v) is 9.59. The fourth-order valence-electron chi connectivity index (χ4n) is 2.81. The number of sulfonamides is 1. The van der Waals surface area contributed by atoms with Gasteiger partial charge in [-0.3, -0.25) is 0 Å². The maximum absolute atomic E-state index is 12.7. The zero-order valence-electron chi connectivity index (χ0n) is 13.7. The molecule has 2 aliphatic rings. The van der Waals surface area contributed by atoms with Gasteiger partial charge in [0, 0.05) is 31.4 Å². The van der Waals surface area contributed by atoms with Crippen molar-refractivity contribution in [2.45, 2.75) is 30.2 Å². The van der Waals surface area contributed by atoms with E-state index in [0.717, 1.165) is 12.2 Å². The minimum atomic E-state index is -3.71. The summed E-state index contributed by atoms with van der Waals surface area (Å²) in [4.78, 5) is 1.68. The molecular weight excluding hydrogens is 328 g/mol. The molecule has 2 N–H and O–H groups in total. The first kappa shape index (κ1) is 16.9. The highest BCUT2D eigenvalue weighted by molar-refractivity contribution is 7.89. The summed E-state index contributed by atoms with van der Waals surface area (Å²) in [5.74, 6) is 1.01. The van der Waals surface area contributed by atoms with Gasteiger partial charge in [-0.1, -0.05) is 0 Å². The van der Waals surface area contributed by atoms with Gasteiger partial charge in [0.05, 0.1) is 7.11 Å². The molecule has 8 heteroatoms. The quantitative estimate of drug-likeness (QED) is 0.721. The summed E-state index contributed by atoms with van der Waals surface area (Å²) in [5, 5.41) is 12.2. The summed E-state index contributed by atoms with van der Waals surface area (Å²) in [7, 11) is -2.26. The number of likely N-dealkylation sites (tertiary alicyclic amines) is 1. The monoisotopic (exact) mass is 350 g/mol. The van der Waals surface area contributed by atoms with Crippen LogP contribution in [0, 0.1) is 17.4 Å². The largest absolute Gasteiger partial charge is 0.495 e. The number of anilines is 1. The Morgan fingerprint density at radius 2 is 2.17 bits per heavy atom. The number of nitrogens with zero attached hydrogens (tertiary/aromatic N) is 2. The highest BCUT2D eigenvalue weighted by atomic mass is 32.2. The third-order valence-corrected chi connectivity index (χ3v) is 5.94. The van der Waals surface area contributed by atoms with Crippen molar-refractivity contribution in [3.05, 3.63) is 18.2 Å². The molecule has 0 bridgehead atoms. The summed E-state index contributed by atoms with van der Waals surface area (Å²) in [6.45, 7) is 1.83. The van der Waals surface area contributed by atoms with Crippen LogP contribution in [0.15, 0.2) is 23.1 Å². The Morgan fingerprint density at radius 1 is 1.38 bits per heavy atom. The van der Waals surface area contributed by atoms with Crippen LogP contribution in [0.4, 0.5) is 5.69 Å². The minimum Gasteiger partial charge on any atom is -0.495 e. The molecule has 7 nitrogen and oxygen atoms in total. The van der Waals surface area contributed by atoms with Crippen LogP contribution in [0.2, 0.25) is 0 Å². The van der Waals surface area contributed by atoms with E-state index in [4.69, 9.17) is 10.00 Å². The molecule has 3 rings (SSSR count). The molecule has 130 valence electrons. The van der Waals surface area contributed by atoms with E-state index < -0.39 is 10.0 Å². The average molecular weight is 350 g/mol. The molecule has 0 amide bonds. The van der Waals surface area contributed by atoms with Crippen molar-refractivity contribution in [3.63, 3.8) is 0 Å². The van der Waals surface area contributed by atoms with Gasteiger partial charge in [-0.2, -0.15) is 5.26 Å². The van der Waals surface area contributed by atoms with Gasteiger partial charge < -0.3 is 15.0 Å². The van der Waals surface area contributed by atoms with E-state index in [9.17, 15) is 8.42 Å². The van der Waals surface area contributed by atoms with Gasteiger partial charge in [0.2, 0.25) is 10.0 Å². The minimum absolute atomic E-state index is 0.126. The maximum Gasteiger partial charge on any atom is 0.244 e. The number of methoxy groups -OCH3 is 1. The third-order valence-electron chi connectivity index (χ3n) is 4.40. The standard InChI is InChI=1S/C16H22N4O3S/c1-23-15-5-4-13(18-9-12-2-3-12)8-16(15)24(21,22)19-14-6-7-20(10-14)11-17/h4-5,8,12,14,18-19H,2-3,6-7,9-10H2,1H3/t14-/m1/s1. The molecule has 1 atom stereocenters. The SMILES string of the molecule is COc1ccc(NCC2CC2)cc1S(=O)(=O)N[C@@H]1CCN(C#N)C1. The second-order valence-electron chi connectivity index (χ2n) is 6.34. The topological polar surface area (TPSA) is 94.5 Å². The number of nitrogens with one attached hydrogen (secondary N) is 2. The van der Waals surface area contributed by atoms with Crippen LogP contribution in [-0.4, -0.2) is 46.1 Å².